The van der Waals surface area contributed by atoms with Crippen LogP contribution < -0.4 is 10.1 Å². The molecule has 0 saturated heterocycles. The Balaban J connectivity index is 2.97. The van der Waals surface area contributed by atoms with E-state index in [-0.39, 0.29) is 18.2 Å². The summed E-state index contributed by atoms with van der Waals surface area (Å²) in [6.45, 7) is 9.50. The fourth-order valence-electron chi connectivity index (χ4n) is 2.26. The van der Waals surface area contributed by atoms with Crippen molar-refractivity contribution in [1.82, 2.24) is 5.32 Å². The van der Waals surface area contributed by atoms with Crippen molar-refractivity contribution in [3.8, 4) is 5.75 Å². The number of carbonyl (C=O) groups is 1. The molecule has 0 heterocycles. The zero-order valence-corrected chi connectivity index (χ0v) is 15.8. The molecule has 0 bridgehead atoms. The van der Waals surface area contributed by atoms with E-state index in [0.29, 0.717) is 17.7 Å². The number of halogens is 3. The average molecular weight is 392 g/mol. The summed E-state index contributed by atoms with van der Waals surface area (Å²) in [6.07, 6.45) is 2.38. The number of hydrogen-bond acceptors (Lipinski definition) is 3. The standard InChI is InChI=1S/C21H23F3N2O2/c1-5-7-8-17(15(3)19(25-4)14-26-20(27)6-2)13-16-9-11-18(12-10-16)28-21(22,23)24/h5-12H,2-3,13-14H2,1,4H3,(H,26,27)/b7-5-,17-8-,25-19?. The number of benzene rings is 1. The molecule has 1 aromatic rings. The maximum atomic E-state index is 12.3. The maximum Gasteiger partial charge on any atom is 0.573 e. The van der Waals surface area contributed by atoms with Crippen LogP contribution in [0.4, 0.5) is 13.2 Å². The zero-order valence-electron chi connectivity index (χ0n) is 15.8. The van der Waals surface area contributed by atoms with Crippen molar-refractivity contribution >= 4 is 11.6 Å². The van der Waals surface area contributed by atoms with Gasteiger partial charge in [-0.1, -0.05) is 43.5 Å². The second-order valence-corrected chi connectivity index (χ2v) is 5.66. The molecular weight excluding hydrogens is 369 g/mol. The SMILES string of the molecule is C=CC(=O)NCC(=NC)C(=C)/C(=C\C=C/C)Cc1ccc(OC(F)(F)F)cc1. The summed E-state index contributed by atoms with van der Waals surface area (Å²) in [7, 11) is 1.59. The molecule has 150 valence electrons. The van der Waals surface area contributed by atoms with Crippen LogP contribution in [0.3, 0.4) is 0 Å². The molecule has 0 unspecified atom stereocenters. The van der Waals surface area contributed by atoms with Crippen LogP contribution in [0.1, 0.15) is 12.5 Å². The van der Waals surface area contributed by atoms with Crippen LogP contribution in [0.5, 0.6) is 5.75 Å². The van der Waals surface area contributed by atoms with Gasteiger partial charge in [0.2, 0.25) is 5.91 Å². The summed E-state index contributed by atoms with van der Waals surface area (Å²) in [5.74, 6) is -0.606. The molecule has 0 radical (unpaired) electrons. The van der Waals surface area contributed by atoms with Crippen molar-refractivity contribution in [3.63, 3.8) is 0 Å². The molecule has 0 fully saturated rings. The van der Waals surface area contributed by atoms with Gasteiger partial charge >= 0.3 is 6.36 Å². The Hall–Kier alpha value is -3.09. The summed E-state index contributed by atoms with van der Waals surface area (Å²) < 4.78 is 40.7. The largest absolute Gasteiger partial charge is 0.573 e. The zero-order chi connectivity index (χ0) is 21.2. The Bertz CT molecular complexity index is 789. The first-order valence-electron chi connectivity index (χ1n) is 8.42. The number of aliphatic imine (C=N–C) groups is 1. The summed E-state index contributed by atoms with van der Waals surface area (Å²) >= 11 is 0. The summed E-state index contributed by atoms with van der Waals surface area (Å²) in [6, 6.07) is 5.64. The predicted molar refractivity (Wildman–Crippen MR) is 105 cm³/mol. The number of alkyl halides is 3. The normalized spacial score (nSPS) is 12.8. The number of amides is 1. The van der Waals surface area contributed by atoms with Gasteiger partial charge in [0.15, 0.2) is 0 Å². The predicted octanol–water partition coefficient (Wildman–Crippen LogP) is 4.56. The minimum Gasteiger partial charge on any atom is -0.406 e. The van der Waals surface area contributed by atoms with Gasteiger partial charge in [0.1, 0.15) is 5.75 Å². The third-order valence-electron chi connectivity index (χ3n) is 3.66. The van der Waals surface area contributed by atoms with Crippen molar-refractivity contribution in [1.29, 1.82) is 0 Å². The quantitative estimate of drug-likeness (QED) is 0.381. The van der Waals surface area contributed by atoms with E-state index >= 15 is 0 Å². The van der Waals surface area contributed by atoms with E-state index in [0.717, 1.165) is 17.2 Å². The van der Waals surface area contributed by atoms with E-state index < -0.39 is 6.36 Å². The molecule has 0 spiro atoms. The lowest BCUT2D eigenvalue weighted by molar-refractivity contribution is -0.274. The lowest BCUT2D eigenvalue weighted by atomic mass is 9.95. The molecule has 1 rings (SSSR count). The fraction of sp³-hybridized carbons (Fsp3) is 0.238. The fourth-order valence-corrected chi connectivity index (χ4v) is 2.26. The summed E-state index contributed by atoms with van der Waals surface area (Å²) in [4.78, 5) is 15.6. The molecule has 0 atom stereocenters. The molecular formula is C21H23F3N2O2. The first-order chi connectivity index (χ1) is 13.2. The van der Waals surface area contributed by atoms with Crippen molar-refractivity contribution in [2.24, 2.45) is 4.99 Å². The first kappa shape index (κ1) is 23.0. The van der Waals surface area contributed by atoms with Gasteiger partial charge in [-0.15, -0.1) is 13.2 Å². The molecule has 0 aliphatic rings. The molecule has 1 amide bonds. The van der Waals surface area contributed by atoms with E-state index in [1.54, 1.807) is 19.2 Å². The second-order valence-electron chi connectivity index (χ2n) is 5.66. The Morgan fingerprint density at radius 1 is 1.29 bits per heavy atom. The van der Waals surface area contributed by atoms with E-state index in [1.165, 1.54) is 12.1 Å². The molecule has 7 heteroatoms. The minimum absolute atomic E-state index is 0.186. The molecule has 1 N–H and O–H groups in total. The van der Waals surface area contributed by atoms with Gasteiger partial charge in [0, 0.05) is 7.05 Å². The highest BCUT2D eigenvalue weighted by atomic mass is 19.4. The van der Waals surface area contributed by atoms with Crippen molar-refractivity contribution in [2.75, 3.05) is 13.6 Å². The summed E-state index contributed by atoms with van der Waals surface area (Å²) in [5, 5.41) is 2.65. The first-order valence-corrected chi connectivity index (χ1v) is 8.42. The highest BCUT2D eigenvalue weighted by molar-refractivity contribution is 6.06. The van der Waals surface area contributed by atoms with Crippen LogP contribution in [0, 0.1) is 0 Å². The maximum absolute atomic E-state index is 12.3. The molecule has 0 aromatic heterocycles. The highest BCUT2D eigenvalue weighted by Gasteiger charge is 2.30. The van der Waals surface area contributed by atoms with Crippen molar-refractivity contribution in [2.45, 2.75) is 19.7 Å². The third-order valence-corrected chi connectivity index (χ3v) is 3.66. The van der Waals surface area contributed by atoms with Crippen LogP contribution in [0.2, 0.25) is 0 Å². The van der Waals surface area contributed by atoms with Gasteiger partial charge in [-0.3, -0.25) is 9.79 Å². The van der Waals surface area contributed by atoms with E-state index in [1.807, 2.05) is 25.2 Å². The smallest absolute Gasteiger partial charge is 0.406 e. The number of carbonyl (C=O) groups excluding carboxylic acids is 1. The van der Waals surface area contributed by atoms with Crippen LogP contribution in [0.15, 0.2) is 77.9 Å². The Morgan fingerprint density at radius 3 is 2.43 bits per heavy atom. The molecule has 28 heavy (non-hydrogen) atoms. The molecule has 4 nitrogen and oxygen atoms in total. The number of rotatable bonds is 9. The van der Waals surface area contributed by atoms with Crippen LogP contribution >= 0.6 is 0 Å². The summed E-state index contributed by atoms with van der Waals surface area (Å²) in [5.41, 5.74) is 2.80. The second kappa shape index (κ2) is 10.9. The molecule has 0 aliphatic heterocycles. The average Bonchev–Trinajstić information content (AvgIpc) is 2.65. The molecule has 0 aliphatic carbocycles. The Kier molecular flexibility index (Phi) is 8.95. The third kappa shape index (κ3) is 8.07. The van der Waals surface area contributed by atoms with Crippen LogP contribution in [-0.4, -0.2) is 31.6 Å². The lowest BCUT2D eigenvalue weighted by Gasteiger charge is -2.14. The van der Waals surface area contributed by atoms with Gasteiger partial charge in [-0.25, -0.2) is 0 Å². The van der Waals surface area contributed by atoms with Crippen molar-refractivity contribution < 1.29 is 22.7 Å². The Morgan fingerprint density at radius 2 is 1.93 bits per heavy atom. The molecule has 0 saturated carbocycles. The van der Waals surface area contributed by atoms with Crippen LogP contribution in [0.25, 0.3) is 0 Å². The lowest BCUT2D eigenvalue weighted by Crippen LogP contribution is -2.29. The Labute approximate surface area is 162 Å². The van der Waals surface area contributed by atoms with E-state index in [9.17, 15) is 18.0 Å². The van der Waals surface area contributed by atoms with Gasteiger partial charge in [0.25, 0.3) is 0 Å². The monoisotopic (exact) mass is 392 g/mol. The number of ether oxygens (including phenoxy) is 1. The number of hydrogen-bond donors (Lipinski definition) is 1. The van der Waals surface area contributed by atoms with Gasteiger partial charge in [0.05, 0.1) is 12.3 Å². The van der Waals surface area contributed by atoms with Crippen molar-refractivity contribution in [3.05, 3.63) is 78.4 Å². The van der Waals surface area contributed by atoms with E-state index in [2.05, 4.69) is 28.2 Å². The van der Waals surface area contributed by atoms with Gasteiger partial charge < -0.3 is 10.1 Å². The minimum atomic E-state index is -4.73. The highest BCUT2D eigenvalue weighted by Crippen LogP contribution is 2.24. The van der Waals surface area contributed by atoms with Gasteiger partial charge in [-0.05, 0) is 48.3 Å². The topological polar surface area (TPSA) is 50.7 Å². The molecule has 1 aromatic carbocycles. The van der Waals surface area contributed by atoms with Crippen LogP contribution in [-0.2, 0) is 11.2 Å². The van der Waals surface area contributed by atoms with Gasteiger partial charge in [-0.2, -0.15) is 0 Å². The number of nitrogens with zero attached hydrogens (tertiary/aromatic N) is 1. The number of allylic oxidation sites excluding steroid dienone is 4. The van der Waals surface area contributed by atoms with E-state index in [4.69, 9.17) is 0 Å². The number of nitrogens with one attached hydrogen (secondary N) is 1.